The Kier molecular flexibility index (Phi) is 6.50. The molecule has 2 aliphatic rings. The summed E-state index contributed by atoms with van der Waals surface area (Å²) >= 11 is 6.16. The Hall–Kier alpha value is -2.63. The van der Waals surface area contributed by atoms with Gasteiger partial charge in [0.1, 0.15) is 5.75 Å². The van der Waals surface area contributed by atoms with Gasteiger partial charge in [0, 0.05) is 30.1 Å². The quantitative estimate of drug-likeness (QED) is 0.386. The summed E-state index contributed by atoms with van der Waals surface area (Å²) in [5, 5.41) is 14.8. The van der Waals surface area contributed by atoms with Gasteiger partial charge in [0.2, 0.25) is 0 Å². The summed E-state index contributed by atoms with van der Waals surface area (Å²) in [4.78, 5) is 20.1. The fraction of sp³-hybridized carbons (Fsp3) is 0.429. The molecule has 6 heteroatoms. The molecule has 1 heterocycles. The Balaban J connectivity index is 1.48. The fourth-order valence-corrected chi connectivity index (χ4v) is 5.29. The highest BCUT2D eigenvalue weighted by molar-refractivity contribution is 6.32. The van der Waals surface area contributed by atoms with E-state index in [1.165, 1.54) is 25.7 Å². The van der Waals surface area contributed by atoms with Crippen molar-refractivity contribution in [2.24, 2.45) is 11.8 Å². The first kappa shape index (κ1) is 23.1. The molecule has 0 bridgehead atoms. The van der Waals surface area contributed by atoms with Gasteiger partial charge in [0.15, 0.2) is 5.78 Å². The Morgan fingerprint density at radius 1 is 1.06 bits per heavy atom. The van der Waals surface area contributed by atoms with Gasteiger partial charge in [0.25, 0.3) is 0 Å². The summed E-state index contributed by atoms with van der Waals surface area (Å²) in [6.45, 7) is 0.861. The Labute approximate surface area is 206 Å². The van der Waals surface area contributed by atoms with Crippen molar-refractivity contribution in [1.82, 2.24) is 9.88 Å². The van der Waals surface area contributed by atoms with E-state index in [2.05, 4.69) is 35.4 Å². The number of Topliss-reactive ketones (excluding diaryl/α,β-unsaturated/α-hetero) is 1. The van der Waals surface area contributed by atoms with Crippen molar-refractivity contribution in [3.05, 3.63) is 53.2 Å². The second-order valence-electron chi connectivity index (χ2n) is 10.1. The van der Waals surface area contributed by atoms with Crippen molar-refractivity contribution in [1.29, 1.82) is 0 Å². The van der Waals surface area contributed by atoms with Crippen LogP contribution < -0.4 is 5.32 Å². The predicted octanol–water partition coefficient (Wildman–Crippen LogP) is 6.39. The van der Waals surface area contributed by atoms with Gasteiger partial charge in [-0.1, -0.05) is 23.7 Å². The first-order valence-corrected chi connectivity index (χ1v) is 12.6. The van der Waals surface area contributed by atoms with Crippen LogP contribution in [-0.4, -0.2) is 47.5 Å². The van der Waals surface area contributed by atoms with Crippen LogP contribution in [0.2, 0.25) is 5.02 Å². The maximum atomic E-state index is 13.1. The normalized spacial score (nSPS) is 20.6. The maximum absolute atomic E-state index is 13.1. The number of carbonyl (C=O) groups is 1. The van der Waals surface area contributed by atoms with E-state index < -0.39 is 0 Å². The van der Waals surface area contributed by atoms with Gasteiger partial charge in [-0.05, 0) is 93.9 Å². The lowest BCUT2D eigenvalue weighted by Crippen LogP contribution is -2.33. The minimum Gasteiger partial charge on any atom is -0.506 e. The van der Waals surface area contributed by atoms with Crippen molar-refractivity contribution in [2.75, 3.05) is 26.0 Å². The van der Waals surface area contributed by atoms with E-state index in [4.69, 9.17) is 11.6 Å². The van der Waals surface area contributed by atoms with Crippen LogP contribution in [0, 0.1) is 11.8 Å². The summed E-state index contributed by atoms with van der Waals surface area (Å²) in [7, 11) is 4.34. The molecule has 2 aliphatic carbocycles. The van der Waals surface area contributed by atoms with Gasteiger partial charge in [-0.3, -0.25) is 9.78 Å². The minimum atomic E-state index is 0.0662. The molecule has 34 heavy (non-hydrogen) atoms. The number of hydrogen-bond acceptors (Lipinski definition) is 5. The first-order chi connectivity index (χ1) is 16.4. The summed E-state index contributed by atoms with van der Waals surface area (Å²) in [5.41, 5.74) is 4.36. The number of hydrogen-bond donors (Lipinski definition) is 2. The van der Waals surface area contributed by atoms with E-state index in [1.54, 1.807) is 18.3 Å². The third-order valence-corrected chi connectivity index (χ3v) is 7.78. The van der Waals surface area contributed by atoms with Crippen molar-refractivity contribution in [3.63, 3.8) is 0 Å². The zero-order chi connectivity index (χ0) is 23.8. The number of anilines is 1. The molecule has 2 aromatic carbocycles. The number of phenolic OH excluding ortho intramolecular Hbond substituents is 1. The van der Waals surface area contributed by atoms with E-state index >= 15 is 0 Å². The minimum absolute atomic E-state index is 0.0662. The number of fused-ring (bicyclic) bond motifs is 1. The SMILES string of the molecule is CN(C)C1CCC(CNc2c(C(=O)C3CC3)cnc3ccc(-c4ccc(O)c(Cl)c4)cc23)CC1. The smallest absolute Gasteiger partial charge is 0.169 e. The number of aromatic nitrogens is 1. The molecule has 0 radical (unpaired) electrons. The van der Waals surface area contributed by atoms with Gasteiger partial charge in [-0.15, -0.1) is 0 Å². The molecular formula is C28H32ClN3O2. The lowest BCUT2D eigenvalue weighted by molar-refractivity contribution is 0.0968. The molecule has 5 nitrogen and oxygen atoms in total. The van der Waals surface area contributed by atoms with Crippen LogP contribution in [0.4, 0.5) is 5.69 Å². The number of pyridine rings is 1. The van der Waals surface area contributed by atoms with Crippen LogP contribution in [0.25, 0.3) is 22.0 Å². The first-order valence-electron chi connectivity index (χ1n) is 12.3. The zero-order valence-corrected chi connectivity index (χ0v) is 20.6. The molecule has 3 aromatic rings. The maximum Gasteiger partial charge on any atom is 0.169 e. The number of aromatic hydroxyl groups is 1. The Morgan fingerprint density at radius 2 is 1.76 bits per heavy atom. The molecule has 0 unspecified atom stereocenters. The van der Waals surface area contributed by atoms with E-state index in [0.717, 1.165) is 47.1 Å². The average molecular weight is 478 g/mol. The number of halogens is 1. The van der Waals surface area contributed by atoms with Gasteiger partial charge in [0.05, 0.1) is 21.8 Å². The highest BCUT2D eigenvalue weighted by Gasteiger charge is 2.33. The van der Waals surface area contributed by atoms with Crippen LogP contribution in [0.5, 0.6) is 5.75 Å². The fourth-order valence-electron chi connectivity index (χ4n) is 5.11. The summed E-state index contributed by atoms with van der Waals surface area (Å²) in [6.07, 6.45) is 8.52. The van der Waals surface area contributed by atoms with Gasteiger partial charge < -0.3 is 15.3 Å². The van der Waals surface area contributed by atoms with E-state index in [1.807, 2.05) is 18.2 Å². The predicted molar refractivity (Wildman–Crippen MR) is 139 cm³/mol. The van der Waals surface area contributed by atoms with Gasteiger partial charge in [-0.25, -0.2) is 0 Å². The number of rotatable bonds is 7. The monoisotopic (exact) mass is 477 g/mol. The second-order valence-corrected chi connectivity index (χ2v) is 10.5. The molecule has 178 valence electrons. The second kappa shape index (κ2) is 9.55. The topological polar surface area (TPSA) is 65.5 Å². The molecule has 0 aliphatic heterocycles. The number of ketones is 1. The van der Waals surface area contributed by atoms with E-state index in [9.17, 15) is 9.90 Å². The standard InChI is InChI=1S/C28H32ClN3O2/c1-32(2)21-9-3-17(4-10-21)15-31-27-22-13-19(20-8-12-26(33)24(29)14-20)7-11-25(22)30-16-23(27)28(34)18-5-6-18/h7-8,11-14,16-18,21,33H,3-6,9-10,15H2,1-2H3,(H,30,31). The van der Waals surface area contributed by atoms with Gasteiger partial charge >= 0.3 is 0 Å². The van der Waals surface area contributed by atoms with Crippen LogP contribution in [0.15, 0.2) is 42.6 Å². The van der Waals surface area contributed by atoms with Crippen molar-refractivity contribution in [3.8, 4) is 16.9 Å². The molecule has 2 saturated carbocycles. The van der Waals surface area contributed by atoms with Crippen molar-refractivity contribution in [2.45, 2.75) is 44.6 Å². The molecule has 0 saturated heterocycles. The highest BCUT2D eigenvalue weighted by atomic mass is 35.5. The molecular weight excluding hydrogens is 446 g/mol. The third-order valence-electron chi connectivity index (χ3n) is 7.48. The summed E-state index contributed by atoms with van der Waals surface area (Å²) in [6, 6.07) is 12.0. The van der Waals surface area contributed by atoms with E-state index in [0.29, 0.717) is 22.5 Å². The molecule has 0 atom stereocenters. The number of carbonyl (C=O) groups excluding carboxylic acids is 1. The molecule has 2 N–H and O–H groups in total. The molecule has 0 spiro atoms. The lowest BCUT2D eigenvalue weighted by atomic mass is 9.85. The lowest BCUT2D eigenvalue weighted by Gasteiger charge is -2.33. The number of nitrogens with zero attached hydrogens (tertiary/aromatic N) is 2. The Morgan fingerprint density at radius 3 is 2.44 bits per heavy atom. The number of nitrogens with one attached hydrogen (secondary N) is 1. The average Bonchev–Trinajstić information content (AvgIpc) is 3.69. The summed E-state index contributed by atoms with van der Waals surface area (Å²) in [5.74, 6) is 1.000. The van der Waals surface area contributed by atoms with Crippen LogP contribution in [0.3, 0.4) is 0 Å². The number of phenols is 1. The van der Waals surface area contributed by atoms with Crippen LogP contribution in [0.1, 0.15) is 48.9 Å². The summed E-state index contributed by atoms with van der Waals surface area (Å²) < 4.78 is 0. The van der Waals surface area contributed by atoms with Gasteiger partial charge in [-0.2, -0.15) is 0 Å². The van der Waals surface area contributed by atoms with Crippen molar-refractivity contribution >= 4 is 34.0 Å². The van der Waals surface area contributed by atoms with Crippen molar-refractivity contribution < 1.29 is 9.90 Å². The zero-order valence-electron chi connectivity index (χ0n) is 19.9. The number of benzene rings is 2. The molecule has 1 aromatic heterocycles. The molecule has 5 rings (SSSR count). The van der Waals surface area contributed by atoms with Crippen LogP contribution >= 0.6 is 11.6 Å². The van der Waals surface area contributed by atoms with Crippen LogP contribution in [-0.2, 0) is 0 Å². The molecule has 0 amide bonds. The highest BCUT2D eigenvalue weighted by Crippen LogP contribution is 2.38. The molecule has 2 fully saturated rings. The largest absolute Gasteiger partial charge is 0.506 e. The van der Waals surface area contributed by atoms with E-state index in [-0.39, 0.29) is 17.5 Å². The Bertz CT molecular complexity index is 1210. The third kappa shape index (κ3) is 4.77.